The van der Waals surface area contributed by atoms with Gasteiger partial charge in [-0.05, 0) is 51.6 Å². The van der Waals surface area contributed by atoms with E-state index in [0.29, 0.717) is 31.1 Å². The molecule has 9 heteroatoms. The Bertz CT molecular complexity index is 687. The average Bonchev–Trinajstić information content (AvgIpc) is 2.88. The molecule has 0 radical (unpaired) electrons. The van der Waals surface area contributed by atoms with Crippen LogP contribution in [0.25, 0.3) is 0 Å². The van der Waals surface area contributed by atoms with E-state index in [4.69, 9.17) is 0 Å². The summed E-state index contributed by atoms with van der Waals surface area (Å²) in [6.45, 7) is 1.07. The fourth-order valence-corrected chi connectivity index (χ4v) is 5.95. The van der Waals surface area contributed by atoms with Crippen molar-refractivity contribution in [3.05, 3.63) is 10.6 Å². The van der Waals surface area contributed by atoms with E-state index in [9.17, 15) is 13.2 Å². The molecule has 25 heavy (non-hydrogen) atoms. The van der Waals surface area contributed by atoms with Crippen molar-refractivity contribution in [1.82, 2.24) is 10.3 Å². The minimum absolute atomic E-state index is 0. The molecule has 1 fully saturated rings. The van der Waals surface area contributed by atoms with Crippen LogP contribution < -0.4 is 10.6 Å². The number of aromatic nitrogens is 1. The summed E-state index contributed by atoms with van der Waals surface area (Å²) in [5.74, 6) is -0.423. The molecular formula is C16H26ClN3O3S2. The zero-order valence-electron chi connectivity index (χ0n) is 14.5. The third kappa shape index (κ3) is 4.35. The Kier molecular flexibility index (Phi) is 6.87. The first-order valence-corrected chi connectivity index (χ1v) is 11.3. The van der Waals surface area contributed by atoms with Crippen LogP contribution >= 0.6 is 23.7 Å². The molecule has 0 aromatic carbocycles. The highest BCUT2D eigenvalue weighted by Crippen LogP contribution is 2.32. The summed E-state index contributed by atoms with van der Waals surface area (Å²) in [5.41, 5.74) is 1.08. The van der Waals surface area contributed by atoms with Gasteiger partial charge in [-0.25, -0.2) is 13.4 Å². The Hall–Kier alpha value is -0.700. The van der Waals surface area contributed by atoms with Crippen LogP contribution in [0.1, 0.15) is 49.1 Å². The van der Waals surface area contributed by atoms with E-state index in [1.165, 1.54) is 35.3 Å². The highest BCUT2D eigenvalue weighted by atomic mass is 35.5. The molecule has 0 atom stereocenters. The van der Waals surface area contributed by atoms with Crippen LogP contribution in [0.5, 0.6) is 0 Å². The fraction of sp³-hybridized carbons (Fsp3) is 0.750. The lowest BCUT2D eigenvalue weighted by atomic mass is 9.96. The lowest BCUT2D eigenvalue weighted by Crippen LogP contribution is -2.55. The van der Waals surface area contributed by atoms with Crippen LogP contribution in [-0.2, 0) is 27.5 Å². The van der Waals surface area contributed by atoms with E-state index in [1.54, 1.807) is 0 Å². The van der Waals surface area contributed by atoms with E-state index in [-0.39, 0.29) is 12.4 Å². The van der Waals surface area contributed by atoms with Crippen molar-refractivity contribution < 1.29 is 13.2 Å². The molecule has 0 bridgehead atoms. The molecule has 6 nitrogen and oxygen atoms in total. The lowest BCUT2D eigenvalue weighted by Gasteiger charge is -2.33. The van der Waals surface area contributed by atoms with E-state index >= 15 is 0 Å². The zero-order chi connectivity index (χ0) is 17.2. The summed E-state index contributed by atoms with van der Waals surface area (Å²) in [6, 6.07) is 0. The maximum Gasteiger partial charge on any atom is 0.247 e. The van der Waals surface area contributed by atoms with Gasteiger partial charge in [-0.2, -0.15) is 0 Å². The van der Waals surface area contributed by atoms with E-state index in [1.807, 2.05) is 0 Å². The standard InChI is InChI=1S/C16H25N3O3S2.ClH/c1-24(21,22)16(8-10-17-11-9-16)14(20)19-15-18-12-6-4-2-3-5-7-13(12)23-15;/h17H,2-11H2,1H3,(H,18,19,20);1H. The van der Waals surface area contributed by atoms with E-state index < -0.39 is 20.5 Å². The van der Waals surface area contributed by atoms with Crippen LogP contribution in [0.15, 0.2) is 0 Å². The molecule has 2 heterocycles. The number of piperidine rings is 1. The first-order valence-electron chi connectivity index (χ1n) is 8.63. The monoisotopic (exact) mass is 407 g/mol. The molecular weight excluding hydrogens is 382 g/mol. The highest BCUT2D eigenvalue weighted by Gasteiger charge is 2.48. The summed E-state index contributed by atoms with van der Waals surface area (Å²) in [4.78, 5) is 18.6. The first kappa shape index (κ1) is 20.6. The van der Waals surface area contributed by atoms with Crippen molar-refractivity contribution in [2.24, 2.45) is 0 Å². The number of sulfone groups is 1. The number of fused-ring (bicyclic) bond motifs is 1. The summed E-state index contributed by atoms with van der Waals surface area (Å²) < 4.78 is 23.3. The Morgan fingerprint density at radius 3 is 2.44 bits per heavy atom. The number of rotatable bonds is 3. The largest absolute Gasteiger partial charge is 0.317 e. The topological polar surface area (TPSA) is 88.2 Å². The number of hydrogen-bond donors (Lipinski definition) is 2. The normalized spacial score (nSPS) is 20.5. The predicted octanol–water partition coefficient (Wildman–Crippen LogP) is 2.33. The van der Waals surface area contributed by atoms with Gasteiger partial charge in [0.25, 0.3) is 0 Å². The Morgan fingerprint density at radius 2 is 1.80 bits per heavy atom. The van der Waals surface area contributed by atoms with E-state index in [2.05, 4.69) is 15.6 Å². The van der Waals surface area contributed by atoms with Crippen molar-refractivity contribution >= 4 is 44.6 Å². The van der Waals surface area contributed by atoms with Crippen LogP contribution in [0.3, 0.4) is 0 Å². The maximum atomic E-state index is 12.8. The number of nitrogens with one attached hydrogen (secondary N) is 2. The number of aryl methyl sites for hydroxylation is 2. The fourth-order valence-electron chi connectivity index (χ4n) is 3.57. The second kappa shape index (κ2) is 8.33. The number of halogens is 1. The molecule has 0 unspecified atom stereocenters. The van der Waals surface area contributed by atoms with Gasteiger partial charge >= 0.3 is 0 Å². The van der Waals surface area contributed by atoms with Gasteiger partial charge in [0.05, 0.1) is 5.69 Å². The van der Waals surface area contributed by atoms with Gasteiger partial charge in [0.15, 0.2) is 19.7 Å². The van der Waals surface area contributed by atoms with Crippen molar-refractivity contribution in [2.75, 3.05) is 24.7 Å². The van der Waals surface area contributed by atoms with Crippen LogP contribution in [-0.4, -0.2) is 43.4 Å². The van der Waals surface area contributed by atoms with Gasteiger partial charge in [0.2, 0.25) is 5.91 Å². The van der Waals surface area contributed by atoms with Gasteiger partial charge in [-0.3, -0.25) is 4.79 Å². The summed E-state index contributed by atoms with van der Waals surface area (Å²) in [5, 5.41) is 6.49. The summed E-state index contributed by atoms with van der Waals surface area (Å²) in [6.07, 6.45) is 8.48. The van der Waals surface area contributed by atoms with Crippen LogP contribution in [0.4, 0.5) is 5.13 Å². The van der Waals surface area contributed by atoms with E-state index in [0.717, 1.165) is 31.4 Å². The molecule has 1 saturated heterocycles. The molecule has 1 aliphatic carbocycles. The van der Waals surface area contributed by atoms with Crippen LogP contribution in [0, 0.1) is 0 Å². The number of nitrogens with zero attached hydrogens (tertiary/aromatic N) is 1. The molecule has 1 aliphatic heterocycles. The second-order valence-electron chi connectivity index (χ2n) is 6.77. The third-order valence-electron chi connectivity index (χ3n) is 5.10. The smallest absolute Gasteiger partial charge is 0.247 e. The number of anilines is 1. The lowest BCUT2D eigenvalue weighted by molar-refractivity contribution is -0.119. The minimum Gasteiger partial charge on any atom is -0.317 e. The number of carbonyl (C=O) groups excluding carboxylic acids is 1. The van der Waals surface area contributed by atoms with Crippen molar-refractivity contribution in [1.29, 1.82) is 0 Å². The molecule has 3 rings (SSSR count). The molecule has 2 N–H and O–H groups in total. The average molecular weight is 408 g/mol. The van der Waals surface area contributed by atoms with Gasteiger partial charge in [-0.15, -0.1) is 23.7 Å². The number of hydrogen-bond acceptors (Lipinski definition) is 6. The SMILES string of the molecule is CS(=O)(=O)C1(C(=O)Nc2nc3c(s2)CCCCCC3)CCNCC1.Cl. The Morgan fingerprint density at radius 1 is 1.16 bits per heavy atom. The van der Waals surface area contributed by atoms with Crippen molar-refractivity contribution in [3.63, 3.8) is 0 Å². The minimum atomic E-state index is -3.50. The zero-order valence-corrected chi connectivity index (χ0v) is 16.9. The van der Waals surface area contributed by atoms with Gasteiger partial charge in [0.1, 0.15) is 0 Å². The highest BCUT2D eigenvalue weighted by molar-refractivity contribution is 7.92. The molecule has 1 aromatic heterocycles. The molecule has 1 aromatic rings. The predicted molar refractivity (Wildman–Crippen MR) is 104 cm³/mol. The molecule has 0 spiro atoms. The molecule has 1 amide bonds. The van der Waals surface area contributed by atoms with Gasteiger partial charge in [0, 0.05) is 11.1 Å². The number of thiazole rings is 1. The molecule has 142 valence electrons. The quantitative estimate of drug-likeness (QED) is 0.802. The number of amides is 1. The Balaban J connectivity index is 0.00000225. The molecule has 2 aliphatic rings. The maximum absolute atomic E-state index is 12.8. The summed E-state index contributed by atoms with van der Waals surface area (Å²) >= 11 is 1.51. The third-order valence-corrected chi connectivity index (χ3v) is 8.19. The number of carbonyl (C=O) groups is 1. The van der Waals surface area contributed by atoms with Crippen molar-refractivity contribution in [3.8, 4) is 0 Å². The summed E-state index contributed by atoms with van der Waals surface area (Å²) in [7, 11) is -3.50. The van der Waals surface area contributed by atoms with Gasteiger partial charge in [-0.1, -0.05) is 12.8 Å². The van der Waals surface area contributed by atoms with Crippen molar-refractivity contribution in [2.45, 2.75) is 56.1 Å². The first-order chi connectivity index (χ1) is 11.4. The second-order valence-corrected chi connectivity index (χ2v) is 10.2. The van der Waals surface area contributed by atoms with Gasteiger partial charge < -0.3 is 10.6 Å². The van der Waals surface area contributed by atoms with Crippen LogP contribution in [0.2, 0.25) is 0 Å². The molecule has 0 saturated carbocycles. The Labute approximate surface area is 159 Å².